The summed E-state index contributed by atoms with van der Waals surface area (Å²) in [6.07, 6.45) is 1.20. The maximum atomic E-state index is 13.2. The first-order valence-corrected chi connectivity index (χ1v) is 11.3. The molecule has 0 aromatic heterocycles. The van der Waals surface area contributed by atoms with Crippen LogP contribution in [-0.2, 0) is 20.4 Å². The van der Waals surface area contributed by atoms with E-state index in [-0.39, 0.29) is 11.7 Å². The van der Waals surface area contributed by atoms with Crippen molar-refractivity contribution in [3.63, 3.8) is 0 Å². The normalized spacial score (nSPS) is 23.2. The molecule has 0 aliphatic carbocycles. The van der Waals surface area contributed by atoms with Crippen LogP contribution in [-0.4, -0.2) is 43.5 Å². The molecule has 2 aromatic rings. The van der Waals surface area contributed by atoms with Crippen molar-refractivity contribution in [1.29, 1.82) is 0 Å². The number of hydrogen-bond donors (Lipinski definition) is 2. The van der Waals surface area contributed by atoms with E-state index in [9.17, 15) is 22.4 Å². The number of benzene rings is 2. The maximum Gasteiger partial charge on any atom is 0.322 e. The topological polar surface area (TPSA) is 95.6 Å². The van der Waals surface area contributed by atoms with Crippen LogP contribution < -0.4 is 10.6 Å². The van der Waals surface area contributed by atoms with Crippen molar-refractivity contribution in [2.75, 3.05) is 18.8 Å². The Morgan fingerprint density at radius 2 is 1.63 bits per heavy atom. The van der Waals surface area contributed by atoms with E-state index in [1.165, 1.54) is 16.4 Å². The summed E-state index contributed by atoms with van der Waals surface area (Å²) in [5.74, 6) is -1.39. The van der Waals surface area contributed by atoms with Gasteiger partial charge < -0.3 is 5.32 Å². The van der Waals surface area contributed by atoms with Crippen LogP contribution in [0.5, 0.6) is 0 Å². The lowest BCUT2D eigenvalue weighted by Gasteiger charge is -2.34. The van der Waals surface area contributed by atoms with E-state index < -0.39 is 33.3 Å². The highest BCUT2D eigenvalue weighted by molar-refractivity contribution is 7.89. The van der Waals surface area contributed by atoms with Crippen LogP contribution in [0, 0.1) is 5.82 Å². The van der Waals surface area contributed by atoms with Gasteiger partial charge in [0.1, 0.15) is 11.6 Å². The SMILES string of the molecule is O=C1NC(=O)C(CS(=O)(=O)N2CCC(c3ccc(F)cc3)CC2)(c2ccccc2)N1. The van der Waals surface area contributed by atoms with Crippen LogP contribution in [0.1, 0.15) is 29.9 Å². The molecular formula is C21H22FN3O4S. The minimum absolute atomic E-state index is 0.148. The lowest BCUT2D eigenvalue weighted by molar-refractivity contribution is -0.123. The van der Waals surface area contributed by atoms with Gasteiger partial charge in [-0.05, 0) is 42.0 Å². The fraction of sp³-hybridized carbons (Fsp3) is 0.333. The number of sulfonamides is 1. The Kier molecular flexibility index (Phi) is 5.33. The predicted octanol–water partition coefficient (Wildman–Crippen LogP) is 2.07. The van der Waals surface area contributed by atoms with Gasteiger partial charge in [-0.3, -0.25) is 10.1 Å². The highest BCUT2D eigenvalue weighted by Crippen LogP contribution is 2.32. The molecule has 7 nitrogen and oxygen atoms in total. The molecule has 0 spiro atoms. The summed E-state index contributed by atoms with van der Waals surface area (Å²) in [5, 5.41) is 4.69. The molecule has 158 valence electrons. The number of halogens is 1. The Labute approximate surface area is 174 Å². The van der Waals surface area contributed by atoms with Gasteiger partial charge in [-0.25, -0.2) is 21.9 Å². The third-order valence-electron chi connectivity index (χ3n) is 5.80. The summed E-state index contributed by atoms with van der Waals surface area (Å²) in [7, 11) is -3.84. The van der Waals surface area contributed by atoms with Crippen LogP contribution >= 0.6 is 0 Å². The Hall–Kier alpha value is -2.78. The summed E-state index contributed by atoms with van der Waals surface area (Å²) >= 11 is 0. The number of imide groups is 1. The fourth-order valence-corrected chi connectivity index (χ4v) is 6.04. The minimum Gasteiger partial charge on any atom is -0.318 e. The molecule has 2 heterocycles. The summed E-state index contributed by atoms with van der Waals surface area (Å²) in [5.41, 5.74) is -0.264. The van der Waals surface area contributed by atoms with E-state index in [4.69, 9.17) is 0 Å². The van der Waals surface area contributed by atoms with Gasteiger partial charge in [-0.2, -0.15) is 0 Å². The number of carbonyl (C=O) groups excluding carboxylic acids is 2. The van der Waals surface area contributed by atoms with Crippen molar-refractivity contribution in [3.05, 3.63) is 71.5 Å². The van der Waals surface area contributed by atoms with Crippen LogP contribution in [0.15, 0.2) is 54.6 Å². The summed E-state index contributed by atoms with van der Waals surface area (Å²) < 4.78 is 40.9. The first-order chi connectivity index (χ1) is 14.3. The minimum atomic E-state index is -3.84. The van der Waals surface area contributed by atoms with Gasteiger partial charge in [0.05, 0.1) is 0 Å². The molecule has 2 aliphatic rings. The molecule has 2 fully saturated rings. The fourth-order valence-electron chi connectivity index (χ4n) is 4.17. The molecule has 2 saturated heterocycles. The average molecular weight is 431 g/mol. The Morgan fingerprint density at radius 1 is 1.00 bits per heavy atom. The maximum absolute atomic E-state index is 13.2. The van der Waals surface area contributed by atoms with Gasteiger partial charge in [0.2, 0.25) is 10.0 Å². The zero-order valence-electron chi connectivity index (χ0n) is 16.2. The third kappa shape index (κ3) is 3.82. The van der Waals surface area contributed by atoms with Gasteiger partial charge in [0.15, 0.2) is 5.54 Å². The summed E-state index contributed by atoms with van der Waals surface area (Å²) in [6.45, 7) is 0.593. The van der Waals surface area contributed by atoms with Gasteiger partial charge in [-0.1, -0.05) is 42.5 Å². The Balaban J connectivity index is 1.53. The van der Waals surface area contributed by atoms with Crippen molar-refractivity contribution < 1.29 is 22.4 Å². The second-order valence-corrected chi connectivity index (χ2v) is 9.63. The number of hydrogen-bond acceptors (Lipinski definition) is 4. The molecule has 2 aliphatic heterocycles. The lowest BCUT2D eigenvalue weighted by atomic mass is 9.90. The second kappa shape index (κ2) is 7.81. The van der Waals surface area contributed by atoms with Gasteiger partial charge >= 0.3 is 6.03 Å². The molecule has 0 radical (unpaired) electrons. The molecule has 9 heteroatoms. The van der Waals surface area contributed by atoms with E-state index in [0.717, 1.165) is 5.56 Å². The number of nitrogens with zero attached hydrogens (tertiary/aromatic N) is 1. The van der Waals surface area contributed by atoms with E-state index in [2.05, 4.69) is 10.6 Å². The van der Waals surface area contributed by atoms with Crippen molar-refractivity contribution in [3.8, 4) is 0 Å². The molecule has 1 atom stereocenters. The monoisotopic (exact) mass is 431 g/mol. The average Bonchev–Trinajstić information content (AvgIpc) is 3.02. The molecule has 30 heavy (non-hydrogen) atoms. The van der Waals surface area contributed by atoms with Gasteiger partial charge in [0, 0.05) is 13.1 Å². The largest absolute Gasteiger partial charge is 0.322 e. The number of amides is 3. The van der Waals surface area contributed by atoms with Crippen molar-refractivity contribution in [2.24, 2.45) is 0 Å². The molecular weight excluding hydrogens is 409 g/mol. The molecule has 0 bridgehead atoms. The van der Waals surface area contributed by atoms with E-state index in [1.54, 1.807) is 42.5 Å². The van der Waals surface area contributed by atoms with Crippen molar-refractivity contribution in [1.82, 2.24) is 14.9 Å². The molecule has 0 saturated carbocycles. The standard InChI is InChI=1S/C21H22FN3O4S/c22-18-8-6-15(7-9-18)16-10-12-25(13-11-16)30(28,29)14-21(17-4-2-1-3-5-17)19(26)23-20(27)24-21/h1-9,16H,10-14H2,(H2,23,24,26,27). The molecule has 1 unspecified atom stereocenters. The van der Waals surface area contributed by atoms with Crippen LogP contribution in [0.2, 0.25) is 0 Å². The van der Waals surface area contributed by atoms with Crippen LogP contribution in [0.3, 0.4) is 0 Å². The van der Waals surface area contributed by atoms with E-state index >= 15 is 0 Å². The molecule has 3 amide bonds. The zero-order chi connectivity index (χ0) is 21.4. The molecule has 2 N–H and O–H groups in total. The summed E-state index contributed by atoms with van der Waals surface area (Å²) in [4.78, 5) is 24.5. The van der Waals surface area contributed by atoms with Gasteiger partial charge in [-0.15, -0.1) is 0 Å². The Morgan fingerprint density at radius 3 is 2.20 bits per heavy atom. The number of nitrogens with one attached hydrogen (secondary N) is 2. The third-order valence-corrected chi connectivity index (χ3v) is 7.75. The van der Waals surface area contributed by atoms with Crippen molar-refractivity contribution >= 4 is 22.0 Å². The predicted molar refractivity (Wildman–Crippen MR) is 109 cm³/mol. The van der Waals surface area contributed by atoms with E-state index in [0.29, 0.717) is 31.5 Å². The summed E-state index contributed by atoms with van der Waals surface area (Å²) in [6, 6.07) is 13.9. The van der Waals surface area contributed by atoms with Crippen LogP contribution in [0.4, 0.5) is 9.18 Å². The van der Waals surface area contributed by atoms with E-state index in [1.807, 2.05) is 0 Å². The zero-order valence-corrected chi connectivity index (χ0v) is 17.0. The van der Waals surface area contributed by atoms with Crippen molar-refractivity contribution in [2.45, 2.75) is 24.3 Å². The first kappa shape index (κ1) is 20.5. The molecule has 4 rings (SSSR count). The number of urea groups is 1. The quantitative estimate of drug-likeness (QED) is 0.709. The highest BCUT2D eigenvalue weighted by atomic mass is 32.2. The second-order valence-electron chi connectivity index (χ2n) is 7.66. The number of rotatable bonds is 5. The lowest BCUT2D eigenvalue weighted by Crippen LogP contribution is -2.53. The highest BCUT2D eigenvalue weighted by Gasteiger charge is 2.51. The van der Waals surface area contributed by atoms with Crippen LogP contribution in [0.25, 0.3) is 0 Å². The Bertz CT molecular complexity index is 1050. The molecule has 2 aromatic carbocycles. The van der Waals surface area contributed by atoms with Gasteiger partial charge in [0.25, 0.3) is 5.91 Å². The smallest absolute Gasteiger partial charge is 0.318 e. The number of carbonyl (C=O) groups is 2. The first-order valence-electron chi connectivity index (χ1n) is 9.73. The number of piperidine rings is 1.